The number of anilines is 1. The second kappa shape index (κ2) is 9.53. The highest BCUT2D eigenvalue weighted by molar-refractivity contribution is 7.99. The van der Waals surface area contributed by atoms with E-state index in [9.17, 15) is 4.79 Å². The van der Waals surface area contributed by atoms with E-state index in [1.54, 1.807) is 0 Å². The van der Waals surface area contributed by atoms with E-state index >= 15 is 0 Å². The van der Waals surface area contributed by atoms with Crippen molar-refractivity contribution in [3.8, 4) is 5.69 Å². The van der Waals surface area contributed by atoms with E-state index in [-0.39, 0.29) is 5.91 Å². The molecule has 2 heterocycles. The standard InChI is InChI=1S/C25H33N5OS/c1-16-11-13-22(14-12-16)30-20(5)24(18(3)28-30)27-23(31)15-32-25-26-17(2)19(4)29(25)21-9-7-6-8-10-21/h11-14,21H,6-10,15H2,1-5H3,(H,27,31). The number of carbonyl (C=O) groups excluding carboxylic acids is 1. The molecule has 0 atom stereocenters. The molecule has 1 saturated carbocycles. The molecule has 0 unspecified atom stereocenters. The Morgan fingerprint density at radius 3 is 2.38 bits per heavy atom. The van der Waals surface area contributed by atoms with Crippen LogP contribution in [0.15, 0.2) is 29.4 Å². The van der Waals surface area contributed by atoms with Gasteiger partial charge in [-0.2, -0.15) is 5.10 Å². The Morgan fingerprint density at radius 1 is 1.00 bits per heavy atom. The fourth-order valence-electron chi connectivity index (χ4n) is 4.53. The average molecular weight is 452 g/mol. The van der Waals surface area contributed by atoms with Crippen molar-refractivity contribution in [1.29, 1.82) is 0 Å². The summed E-state index contributed by atoms with van der Waals surface area (Å²) in [7, 11) is 0. The van der Waals surface area contributed by atoms with E-state index in [1.807, 2.05) is 30.7 Å². The van der Waals surface area contributed by atoms with Crippen molar-refractivity contribution >= 4 is 23.4 Å². The van der Waals surface area contributed by atoms with Crippen LogP contribution >= 0.6 is 11.8 Å². The Bertz CT molecular complexity index is 1110. The Kier molecular flexibility index (Phi) is 6.74. The van der Waals surface area contributed by atoms with Crippen LogP contribution in [0.1, 0.15) is 66.5 Å². The molecule has 1 aliphatic carbocycles. The maximum Gasteiger partial charge on any atom is 0.234 e. The summed E-state index contributed by atoms with van der Waals surface area (Å²) in [6, 6.07) is 8.74. The molecule has 2 aromatic heterocycles. The van der Waals surface area contributed by atoms with Crippen LogP contribution in [0.3, 0.4) is 0 Å². The van der Waals surface area contributed by atoms with E-state index in [2.05, 4.69) is 47.9 Å². The summed E-state index contributed by atoms with van der Waals surface area (Å²) in [5.74, 6) is 0.301. The van der Waals surface area contributed by atoms with Gasteiger partial charge in [0.1, 0.15) is 0 Å². The van der Waals surface area contributed by atoms with Gasteiger partial charge in [0.25, 0.3) is 0 Å². The van der Waals surface area contributed by atoms with Crippen molar-refractivity contribution in [3.63, 3.8) is 0 Å². The molecule has 1 aromatic carbocycles. The second-order valence-corrected chi connectivity index (χ2v) is 9.80. The Labute approximate surface area is 194 Å². The molecule has 1 amide bonds. The fraction of sp³-hybridized carbons (Fsp3) is 0.480. The minimum atomic E-state index is -0.0295. The van der Waals surface area contributed by atoms with E-state index < -0.39 is 0 Å². The summed E-state index contributed by atoms with van der Waals surface area (Å²) < 4.78 is 4.26. The van der Waals surface area contributed by atoms with Gasteiger partial charge in [0.2, 0.25) is 5.91 Å². The lowest BCUT2D eigenvalue weighted by Gasteiger charge is -2.26. The minimum Gasteiger partial charge on any atom is -0.322 e. The lowest BCUT2D eigenvalue weighted by molar-refractivity contribution is -0.113. The summed E-state index contributed by atoms with van der Waals surface area (Å²) in [4.78, 5) is 17.6. The van der Waals surface area contributed by atoms with Gasteiger partial charge < -0.3 is 9.88 Å². The van der Waals surface area contributed by atoms with Gasteiger partial charge in [-0.25, -0.2) is 9.67 Å². The lowest BCUT2D eigenvalue weighted by atomic mass is 9.95. The zero-order valence-corrected chi connectivity index (χ0v) is 20.6. The number of imidazole rings is 1. The molecule has 4 rings (SSSR count). The molecule has 1 fully saturated rings. The van der Waals surface area contributed by atoms with Crippen LogP contribution in [0.25, 0.3) is 5.69 Å². The molecule has 3 aromatic rings. The molecule has 6 nitrogen and oxygen atoms in total. The van der Waals surface area contributed by atoms with Crippen molar-refractivity contribution in [2.75, 3.05) is 11.1 Å². The first-order valence-corrected chi connectivity index (χ1v) is 12.4. The van der Waals surface area contributed by atoms with Crippen LogP contribution in [0.2, 0.25) is 0 Å². The summed E-state index contributed by atoms with van der Waals surface area (Å²) >= 11 is 1.53. The molecular formula is C25H33N5OS. The number of hydrogen-bond donors (Lipinski definition) is 1. The first-order chi connectivity index (χ1) is 15.3. The number of aromatic nitrogens is 4. The third-order valence-electron chi connectivity index (χ3n) is 6.46. The fourth-order valence-corrected chi connectivity index (χ4v) is 5.49. The Balaban J connectivity index is 1.46. The highest BCUT2D eigenvalue weighted by atomic mass is 32.2. The lowest BCUT2D eigenvalue weighted by Crippen LogP contribution is -2.18. The van der Waals surface area contributed by atoms with Crippen LogP contribution in [0, 0.1) is 34.6 Å². The summed E-state index contributed by atoms with van der Waals surface area (Å²) in [6.07, 6.45) is 6.27. The van der Waals surface area contributed by atoms with Crippen LogP contribution in [0.4, 0.5) is 5.69 Å². The monoisotopic (exact) mass is 451 g/mol. The number of thioether (sulfide) groups is 1. The van der Waals surface area contributed by atoms with E-state index in [0.717, 1.165) is 33.6 Å². The van der Waals surface area contributed by atoms with Crippen molar-refractivity contribution in [2.45, 2.75) is 77.9 Å². The quantitative estimate of drug-likeness (QED) is 0.478. The van der Waals surface area contributed by atoms with E-state index in [1.165, 1.54) is 55.1 Å². The van der Waals surface area contributed by atoms with Gasteiger partial charge >= 0.3 is 0 Å². The summed E-state index contributed by atoms with van der Waals surface area (Å²) in [5, 5.41) is 8.70. The second-order valence-electron chi connectivity index (χ2n) is 8.86. The molecule has 170 valence electrons. The Hall–Kier alpha value is -2.54. The molecule has 7 heteroatoms. The smallest absolute Gasteiger partial charge is 0.234 e. The van der Waals surface area contributed by atoms with Gasteiger partial charge in [0, 0.05) is 11.7 Å². The number of amides is 1. The van der Waals surface area contributed by atoms with Crippen LogP contribution < -0.4 is 5.32 Å². The minimum absolute atomic E-state index is 0.0295. The van der Waals surface area contributed by atoms with Crippen molar-refractivity contribution in [1.82, 2.24) is 19.3 Å². The molecule has 1 aliphatic rings. The van der Waals surface area contributed by atoms with Crippen LogP contribution in [-0.4, -0.2) is 31.0 Å². The molecule has 1 N–H and O–H groups in total. The molecule has 0 spiro atoms. The van der Waals surface area contributed by atoms with Crippen LogP contribution in [0.5, 0.6) is 0 Å². The van der Waals surface area contributed by atoms with E-state index in [4.69, 9.17) is 4.98 Å². The number of hydrogen-bond acceptors (Lipinski definition) is 4. The third kappa shape index (κ3) is 4.63. The first kappa shape index (κ1) is 22.6. The van der Waals surface area contributed by atoms with Crippen molar-refractivity contribution < 1.29 is 4.79 Å². The normalized spacial score (nSPS) is 14.7. The zero-order valence-electron chi connectivity index (χ0n) is 19.7. The number of aryl methyl sites for hydroxylation is 3. The predicted molar refractivity (Wildman–Crippen MR) is 131 cm³/mol. The Morgan fingerprint density at radius 2 is 1.69 bits per heavy atom. The number of nitrogens with one attached hydrogen (secondary N) is 1. The summed E-state index contributed by atoms with van der Waals surface area (Å²) in [5.41, 5.74) is 7.02. The highest BCUT2D eigenvalue weighted by Gasteiger charge is 2.23. The zero-order chi connectivity index (χ0) is 22.8. The van der Waals surface area contributed by atoms with Gasteiger partial charge in [0.05, 0.1) is 34.2 Å². The molecule has 0 saturated heterocycles. The molecule has 0 bridgehead atoms. The maximum absolute atomic E-state index is 12.9. The largest absolute Gasteiger partial charge is 0.322 e. The molecule has 0 radical (unpaired) electrons. The summed E-state index contributed by atoms with van der Waals surface area (Å²) in [6.45, 7) is 10.2. The maximum atomic E-state index is 12.9. The number of carbonyl (C=O) groups is 1. The molecular weight excluding hydrogens is 418 g/mol. The van der Waals surface area contributed by atoms with Gasteiger partial charge in [0.15, 0.2) is 5.16 Å². The molecule has 0 aliphatic heterocycles. The van der Waals surface area contributed by atoms with Crippen LogP contribution in [-0.2, 0) is 4.79 Å². The highest BCUT2D eigenvalue weighted by Crippen LogP contribution is 2.34. The third-order valence-corrected chi connectivity index (χ3v) is 7.41. The van der Waals surface area contributed by atoms with Crippen molar-refractivity contribution in [2.24, 2.45) is 0 Å². The van der Waals surface area contributed by atoms with Gasteiger partial charge in [-0.15, -0.1) is 0 Å². The van der Waals surface area contributed by atoms with Gasteiger partial charge in [-0.1, -0.05) is 48.7 Å². The average Bonchev–Trinajstić information content (AvgIpc) is 3.23. The van der Waals surface area contributed by atoms with Gasteiger partial charge in [-0.05, 0) is 59.6 Å². The SMILES string of the molecule is Cc1ccc(-n2nc(C)c(NC(=O)CSc3nc(C)c(C)n3C3CCCCC3)c2C)cc1. The van der Waals surface area contributed by atoms with Gasteiger partial charge in [-0.3, -0.25) is 4.79 Å². The first-order valence-electron chi connectivity index (χ1n) is 11.5. The number of rotatable bonds is 6. The van der Waals surface area contributed by atoms with Crippen molar-refractivity contribution in [3.05, 3.63) is 52.6 Å². The number of benzene rings is 1. The molecule has 32 heavy (non-hydrogen) atoms. The topological polar surface area (TPSA) is 64.7 Å². The van der Waals surface area contributed by atoms with E-state index in [0.29, 0.717) is 11.8 Å². The number of nitrogens with zero attached hydrogens (tertiary/aromatic N) is 4. The predicted octanol–water partition coefficient (Wildman–Crippen LogP) is 5.85.